The van der Waals surface area contributed by atoms with Gasteiger partial charge >= 0.3 is 5.97 Å². The van der Waals surface area contributed by atoms with Crippen LogP contribution in [0.25, 0.3) is 0 Å². The first kappa shape index (κ1) is 18.9. The molecule has 0 spiro atoms. The number of rotatable bonds is 4. The van der Waals surface area contributed by atoms with Gasteiger partial charge in [-0.3, -0.25) is 4.79 Å². The third-order valence-corrected chi connectivity index (χ3v) is 5.22. The van der Waals surface area contributed by atoms with Crippen LogP contribution < -0.4 is 5.32 Å². The Kier molecular flexibility index (Phi) is 4.70. The third kappa shape index (κ3) is 3.20. The first-order valence-corrected chi connectivity index (χ1v) is 9.27. The number of carbonyl (C=O) groups is 2. The average Bonchev–Trinajstić information content (AvgIpc) is 3.15. The molecule has 0 saturated heterocycles. The molecule has 0 aromatic heterocycles. The topological polar surface area (TPSA) is 92.5 Å². The molecule has 2 aliphatic rings. The molecule has 0 aliphatic carbocycles. The Labute approximate surface area is 166 Å². The fraction of sp³-hybridized carbons (Fsp3) is 0.286. The molecule has 8 heteroatoms. The summed E-state index contributed by atoms with van der Waals surface area (Å²) < 4.78 is 18.6. The second kappa shape index (κ2) is 7.20. The van der Waals surface area contributed by atoms with Crippen molar-refractivity contribution in [2.75, 3.05) is 11.9 Å². The third-order valence-electron chi connectivity index (χ3n) is 5.22. The highest BCUT2D eigenvalue weighted by Gasteiger charge is 2.50. The molecule has 0 amide bonds. The van der Waals surface area contributed by atoms with Gasteiger partial charge in [0.15, 0.2) is 5.78 Å². The van der Waals surface area contributed by atoms with Gasteiger partial charge in [0.1, 0.15) is 11.4 Å². The number of benzene rings is 2. The lowest BCUT2D eigenvalue weighted by atomic mass is 9.71. The molecule has 2 aromatic carbocycles. The first-order chi connectivity index (χ1) is 13.9. The normalized spacial score (nSPS) is 24.9. The van der Waals surface area contributed by atoms with Crippen LogP contribution in [0.5, 0.6) is 0 Å². The number of fused-ring (bicyclic) bond motifs is 1. The predicted octanol–water partition coefficient (Wildman–Crippen LogP) is 4.18. The van der Waals surface area contributed by atoms with Crippen LogP contribution in [-0.4, -0.2) is 30.1 Å². The molecule has 3 atom stereocenters. The smallest absolute Gasteiger partial charge is 0.338 e. The molecule has 0 saturated carbocycles. The second-order valence-electron chi connectivity index (χ2n) is 7.12. The zero-order valence-corrected chi connectivity index (χ0v) is 15.9. The van der Waals surface area contributed by atoms with Crippen molar-refractivity contribution in [1.29, 1.82) is 0 Å². The van der Waals surface area contributed by atoms with Gasteiger partial charge in [0, 0.05) is 5.69 Å². The second-order valence-corrected chi connectivity index (χ2v) is 7.12. The summed E-state index contributed by atoms with van der Waals surface area (Å²) in [5.41, 5.74) is 0.670. The van der Waals surface area contributed by atoms with Crippen LogP contribution in [0, 0.1) is 11.7 Å². The van der Waals surface area contributed by atoms with Crippen LogP contribution in [0.15, 0.2) is 57.9 Å². The SMILES string of the molecule is CCOC(=O)c1cccc2c1C(=O)C(C1(C)C=NN=N1)C(c1ccc(F)cc1)N2. The summed E-state index contributed by atoms with van der Waals surface area (Å²) in [7, 11) is 0. The van der Waals surface area contributed by atoms with E-state index in [1.54, 1.807) is 44.2 Å². The minimum atomic E-state index is -1.01. The standard InChI is InChI=1S/C21H19FN4O3/c1-3-29-20(28)14-5-4-6-15-16(14)19(27)17(21(2)11-23-26-25-21)18(24-15)12-7-9-13(22)10-8-12/h4-11,17-18,24H,3H2,1-2H3. The highest BCUT2D eigenvalue weighted by Crippen LogP contribution is 2.44. The molecule has 0 fully saturated rings. The van der Waals surface area contributed by atoms with Crippen molar-refractivity contribution in [3.63, 3.8) is 0 Å². The molecule has 0 bridgehead atoms. The number of ketones is 1. The van der Waals surface area contributed by atoms with Crippen molar-refractivity contribution in [3.05, 3.63) is 65.0 Å². The zero-order chi connectivity index (χ0) is 20.6. The van der Waals surface area contributed by atoms with E-state index in [2.05, 4.69) is 20.8 Å². The quantitative estimate of drug-likeness (QED) is 0.788. The first-order valence-electron chi connectivity index (χ1n) is 9.27. The van der Waals surface area contributed by atoms with Crippen molar-refractivity contribution in [3.8, 4) is 0 Å². The summed E-state index contributed by atoms with van der Waals surface area (Å²) in [5.74, 6) is -1.95. The molecule has 2 heterocycles. The average molecular weight is 394 g/mol. The lowest BCUT2D eigenvalue weighted by Crippen LogP contribution is -2.47. The molecule has 148 valence electrons. The fourth-order valence-electron chi connectivity index (χ4n) is 3.86. The van der Waals surface area contributed by atoms with Gasteiger partial charge in [-0.15, -0.1) is 5.10 Å². The van der Waals surface area contributed by atoms with E-state index in [4.69, 9.17) is 4.74 Å². The van der Waals surface area contributed by atoms with Crippen molar-refractivity contribution in [2.45, 2.75) is 25.4 Å². The Bertz CT molecular complexity index is 1020. The van der Waals surface area contributed by atoms with Gasteiger partial charge in [-0.25, -0.2) is 9.18 Å². The Hall–Kier alpha value is -3.42. The Balaban J connectivity index is 1.87. The van der Waals surface area contributed by atoms with Gasteiger partial charge in [-0.1, -0.05) is 18.2 Å². The van der Waals surface area contributed by atoms with Gasteiger partial charge in [-0.05, 0) is 48.9 Å². The highest BCUT2D eigenvalue weighted by molar-refractivity contribution is 6.14. The Morgan fingerprint density at radius 1 is 1.24 bits per heavy atom. The lowest BCUT2D eigenvalue weighted by molar-refractivity contribution is 0.0521. The van der Waals surface area contributed by atoms with E-state index in [9.17, 15) is 14.0 Å². The number of hydrogen-bond acceptors (Lipinski definition) is 7. The summed E-state index contributed by atoms with van der Waals surface area (Å²) in [4.78, 5) is 26.2. The summed E-state index contributed by atoms with van der Waals surface area (Å²) in [6.45, 7) is 3.66. The van der Waals surface area contributed by atoms with Crippen LogP contribution in [-0.2, 0) is 4.74 Å². The Morgan fingerprint density at radius 3 is 2.66 bits per heavy atom. The van der Waals surface area contributed by atoms with Gasteiger partial charge in [0.25, 0.3) is 0 Å². The molecule has 2 aromatic rings. The number of nitrogens with zero attached hydrogens (tertiary/aromatic N) is 3. The van der Waals surface area contributed by atoms with E-state index in [-0.39, 0.29) is 29.3 Å². The largest absolute Gasteiger partial charge is 0.462 e. The summed E-state index contributed by atoms with van der Waals surface area (Å²) in [6.07, 6.45) is 1.52. The monoisotopic (exact) mass is 394 g/mol. The van der Waals surface area contributed by atoms with Gasteiger partial charge in [0.05, 0.1) is 35.9 Å². The van der Waals surface area contributed by atoms with Crippen molar-refractivity contribution in [1.82, 2.24) is 0 Å². The van der Waals surface area contributed by atoms with Crippen molar-refractivity contribution in [2.24, 2.45) is 21.4 Å². The predicted molar refractivity (Wildman–Crippen MR) is 105 cm³/mol. The molecule has 29 heavy (non-hydrogen) atoms. The van der Waals surface area contributed by atoms with Gasteiger partial charge in [0.2, 0.25) is 0 Å². The van der Waals surface area contributed by atoms with Crippen LogP contribution in [0.1, 0.15) is 46.2 Å². The minimum Gasteiger partial charge on any atom is -0.462 e. The number of hydrogen-bond donors (Lipinski definition) is 1. The molecular weight excluding hydrogens is 375 g/mol. The van der Waals surface area contributed by atoms with E-state index >= 15 is 0 Å². The van der Waals surface area contributed by atoms with Gasteiger partial charge in [-0.2, -0.15) is 5.11 Å². The molecule has 7 nitrogen and oxygen atoms in total. The number of ether oxygens (including phenoxy) is 1. The summed E-state index contributed by atoms with van der Waals surface area (Å²) >= 11 is 0. The number of Topliss-reactive ketones (excluding diaryl/α,β-unsaturated/α-hetero) is 1. The van der Waals surface area contributed by atoms with Crippen LogP contribution >= 0.6 is 0 Å². The fourth-order valence-corrected chi connectivity index (χ4v) is 3.86. The zero-order valence-electron chi connectivity index (χ0n) is 15.9. The van der Waals surface area contributed by atoms with E-state index in [1.807, 2.05) is 0 Å². The van der Waals surface area contributed by atoms with E-state index in [0.29, 0.717) is 11.3 Å². The molecule has 2 aliphatic heterocycles. The number of anilines is 1. The molecule has 0 radical (unpaired) electrons. The summed E-state index contributed by atoms with van der Waals surface area (Å²) in [6, 6.07) is 10.4. The van der Waals surface area contributed by atoms with Crippen LogP contribution in [0.4, 0.5) is 10.1 Å². The highest BCUT2D eigenvalue weighted by atomic mass is 19.1. The van der Waals surface area contributed by atoms with E-state index < -0.39 is 23.5 Å². The molecular formula is C21H19FN4O3. The maximum absolute atomic E-state index is 13.7. The van der Waals surface area contributed by atoms with Gasteiger partial charge < -0.3 is 10.1 Å². The summed E-state index contributed by atoms with van der Waals surface area (Å²) in [5, 5.41) is 15.0. The van der Waals surface area contributed by atoms with Crippen molar-refractivity contribution >= 4 is 23.7 Å². The number of nitrogens with one attached hydrogen (secondary N) is 1. The van der Waals surface area contributed by atoms with Crippen LogP contribution in [0.2, 0.25) is 0 Å². The molecule has 1 N–H and O–H groups in total. The van der Waals surface area contributed by atoms with Crippen LogP contribution in [0.3, 0.4) is 0 Å². The lowest BCUT2D eigenvalue weighted by Gasteiger charge is -2.39. The Morgan fingerprint density at radius 2 is 2.00 bits per heavy atom. The minimum absolute atomic E-state index is 0.194. The number of carbonyl (C=O) groups excluding carboxylic acids is 2. The number of halogens is 1. The van der Waals surface area contributed by atoms with E-state index in [0.717, 1.165) is 0 Å². The number of esters is 1. The molecule has 4 rings (SSSR count). The van der Waals surface area contributed by atoms with Crippen molar-refractivity contribution < 1.29 is 18.7 Å². The molecule has 3 unspecified atom stereocenters. The van der Waals surface area contributed by atoms with E-state index in [1.165, 1.54) is 18.3 Å². The maximum Gasteiger partial charge on any atom is 0.338 e. The maximum atomic E-state index is 13.7.